The Balaban J connectivity index is 2.03. The van der Waals surface area contributed by atoms with E-state index in [9.17, 15) is 4.79 Å². The van der Waals surface area contributed by atoms with E-state index in [4.69, 9.17) is 0 Å². The van der Waals surface area contributed by atoms with Crippen LogP contribution < -0.4 is 0 Å². The minimum Gasteiger partial charge on any atom is -0.287 e. The molecule has 0 atom stereocenters. The molecule has 0 saturated carbocycles. The molecule has 0 bridgehead atoms. The van der Waals surface area contributed by atoms with Crippen LogP contribution in [0.4, 0.5) is 0 Å². The van der Waals surface area contributed by atoms with Crippen LogP contribution in [0.1, 0.15) is 29.4 Å². The van der Waals surface area contributed by atoms with Crippen LogP contribution in [0.5, 0.6) is 0 Å². The Kier molecular flexibility index (Phi) is 3.29. The zero-order chi connectivity index (χ0) is 13.9. The second-order valence-corrected chi connectivity index (χ2v) is 4.70. The average molecular weight is 265 g/mol. The molecule has 0 fully saturated rings. The molecule has 20 heavy (non-hydrogen) atoms. The zero-order valence-electron chi connectivity index (χ0n) is 11.3. The fourth-order valence-electron chi connectivity index (χ4n) is 2.27. The highest BCUT2D eigenvalue weighted by atomic mass is 16.1. The van der Waals surface area contributed by atoms with Gasteiger partial charge in [0, 0.05) is 24.3 Å². The summed E-state index contributed by atoms with van der Waals surface area (Å²) in [5, 5.41) is 6.10. The predicted octanol–water partition coefficient (Wildman–Crippen LogP) is 3.07. The maximum Gasteiger partial charge on any atom is 0.215 e. The topological polar surface area (TPSA) is 47.8 Å². The van der Waals surface area contributed by atoms with Crippen molar-refractivity contribution in [3.05, 3.63) is 60.2 Å². The molecule has 0 aliphatic rings. The zero-order valence-corrected chi connectivity index (χ0v) is 11.3. The SMILES string of the molecule is CCCn1cc(C(=O)c2nccc3ccccc23)cn1. The summed E-state index contributed by atoms with van der Waals surface area (Å²) in [5.41, 5.74) is 1.07. The van der Waals surface area contributed by atoms with Gasteiger partial charge >= 0.3 is 0 Å². The number of hydrogen-bond acceptors (Lipinski definition) is 3. The lowest BCUT2D eigenvalue weighted by Crippen LogP contribution is -2.04. The lowest BCUT2D eigenvalue weighted by molar-refractivity contribution is 0.103. The molecule has 3 rings (SSSR count). The van der Waals surface area contributed by atoms with Crippen LogP contribution in [-0.4, -0.2) is 20.5 Å². The van der Waals surface area contributed by atoms with Gasteiger partial charge in [-0.2, -0.15) is 5.10 Å². The fraction of sp³-hybridized carbons (Fsp3) is 0.188. The highest BCUT2D eigenvalue weighted by Gasteiger charge is 2.15. The molecule has 4 nitrogen and oxygen atoms in total. The summed E-state index contributed by atoms with van der Waals surface area (Å²) in [4.78, 5) is 16.8. The Morgan fingerprint density at radius 2 is 2.10 bits per heavy atom. The summed E-state index contributed by atoms with van der Waals surface area (Å²) in [6.07, 6.45) is 6.06. The number of pyridine rings is 1. The molecule has 0 N–H and O–H groups in total. The standard InChI is InChI=1S/C16H15N3O/c1-2-9-19-11-13(10-18-19)16(20)15-14-6-4-3-5-12(14)7-8-17-15/h3-8,10-11H,2,9H2,1H3. The van der Waals surface area contributed by atoms with Crippen LogP contribution in [-0.2, 0) is 6.54 Å². The van der Waals surface area contributed by atoms with Crippen molar-refractivity contribution < 1.29 is 4.79 Å². The van der Waals surface area contributed by atoms with Crippen molar-refractivity contribution in [3.8, 4) is 0 Å². The van der Waals surface area contributed by atoms with Gasteiger partial charge in [-0.15, -0.1) is 0 Å². The third-order valence-corrected chi connectivity index (χ3v) is 3.24. The second-order valence-electron chi connectivity index (χ2n) is 4.70. The lowest BCUT2D eigenvalue weighted by atomic mass is 10.0. The number of carbonyl (C=O) groups excluding carboxylic acids is 1. The molecule has 100 valence electrons. The summed E-state index contributed by atoms with van der Waals surface area (Å²) < 4.78 is 1.79. The van der Waals surface area contributed by atoms with Gasteiger partial charge in [-0.3, -0.25) is 14.5 Å². The first-order valence-corrected chi connectivity index (χ1v) is 6.70. The number of benzene rings is 1. The first kappa shape index (κ1) is 12.5. The number of hydrogen-bond donors (Lipinski definition) is 0. The molecule has 0 radical (unpaired) electrons. The molecule has 0 unspecified atom stereocenters. The van der Waals surface area contributed by atoms with Crippen molar-refractivity contribution >= 4 is 16.6 Å². The number of aryl methyl sites for hydroxylation is 1. The van der Waals surface area contributed by atoms with Gasteiger partial charge in [0.25, 0.3) is 0 Å². The predicted molar refractivity (Wildman–Crippen MR) is 77.7 cm³/mol. The first-order chi connectivity index (χ1) is 9.79. The van der Waals surface area contributed by atoms with Gasteiger partial charge in [0.1, 0.15) is 5.69 Å². The molecule has 2 heterocycles. The van der Waals surface area contributed by atoms with E-state index in [1.54, 1.807) is 23.3 Å². The van der Waals surface area contributed by atoms with Crippen molar-refractivity contribution in [3.63, 3.8) is 0 Å². The van der Waals surface area contributed by atoms with Gasteiger partial charge in [0.2, 0.25) is 5.78 Å². The molecule has 0 spiro atoms. The lowest BCUT2D eigenvalue weighted by Gasteiger charge is -2.03. The van der Waals surface area contributed by atoms with Crippen LogP contribution >= 0.6 is 0 Å². The van der Waals surface area contributed by atoms with E-state index in [1.807, 2.05) is 30.3 Å². The summed E-state index contributed by atoms with van der Waals surface area (Å²) in [6.45, 7) is 2.89. The molecular weight excluding hydrogens is 250 g/mol. The van der Waals surface area contributed by atoms with Crippen molar-refractivity contribution in [2.24, 2.45) is 0 Å². The number of fused-ring (bicyclic) bond motifs is 1. The normalized spacial score (nSPS) is 10.8. The minimum atomic E-state index is -0.0795. The van der Waals surface area contributed by atoms with E-state index in [-0.39, 0.29) is 5.78 Å². The van der Waals surface area contributed by atoms with Gasteiger partial charge < -0.3 is 0 Å². The Hall–Kier alpha value is -2.49. The third-order valence-electron chi connectivity index (χ3n) is 3.24. The van der Waals surface area contributed by atoms with Crippen LogP contribution in [0.2, 0.25) is 0 Å². The molecule has 0 aliphatic heterocycles. The quantitative estimate of drug-likeness (QED) is 0.681. The number of carbonyl (C=O) groups is 1. The molecule has 2 aromatic heterocycles. The maximum absolute atomic E-state index is 12.6. The van der Waals surface area contributed by atoms with E-state index in [1.165, 1.54) is 0 Å². The molecular formula is C16H15N3O. The van der Waals surface area contributed by atoms with Crippen molar-refractivity contribution in [1.29, 1.82) is 0 Å². The third kappa shape index (κ3) is 2.20. The Morgan fingerprint density at radius 3 is 2.95 bits per heavy atom. The van der Waals surface area contributed by atoms with Gasteiger partial charge in [-0.25, -0.2) is 0 Å². The number of aromatic nitrogens is 3. The maximum atomic E-state index is 12.6. The monoisotopic (exact) mass is 265 g/mol. The first-order valence-electron chi connectivity index (χ1n) is 6.70. The van der Waals surface area contributed by atoms with E-state index in [0.29, 0.717) is 11.3 Å². The van der Waals surface area contributed by atoms with Crippen LogP contribution in [0.25, 0.3) is 10.8 Å². The van der Waals surface area contributed by atoms with E-state index in [0.717, 1.165) is 23.7 Å². The average Bonchev–Trinajstić information content (AvgIpc) is 2.95. The fourth-order valence-corrected chi connectivity index (χ4v) is 2.27. The largest absolute Gasteiger partial charge is 0.287 e. The molecule has 0 saturated heterocycles. The minimum absolute atomic E-state index is 0.0795. The van der Waals surface area contributed by atoms with Gasteiger partial charge in [-0.1, -0.05) is 31.2 Å². The molecule has 1 aromatic carbocycles. The second kappa shape index (κ2) is 5.25. The molecule has 0 amide bonds. The van der Waals surface area contributed by atoms with Crippen molar-refractivity contribution in [1.82, 2.24) is 14.8 Å². The van der Waals surface area contributed by atoms with Crippen LogP contribution in [0.15, 0.2) is 48.9 Å². The summed E-state index contributed by atoms with van der Waals surface area (Å²) >= 11 is 0. The highest BCUT2D eigenvalue weighted by molar-refractivity contribution is 6.14. The van der Waals surface area contributed by atoms with E-state index < -0.39 is 0 Å². The van der Waals surface area contributed by atoms with Crippen molar-refractivity contribution in [2.45, 2.75) is 19.9 Å². The summed E-state index contributed by atoms with van der Waals surface area (Å²) in [6, 6.07) is 9.68. The summed E-state index contributed by atoms with van der Waals surface area (Å²) in [7, 11) is 0. The van der Waals surface area contributed by atoms with Crippen molar-refractivity contribution in [2.75, 3.05) is 0 Å². The molecule has 3 aromatic rings. The van der Waals surface area contributed by atoms with Gasteiger partial charge in [0.15, 0.2) is 0 Å². The molecule has 0 aliphatic carbocycles. The number of rotatable bonds is 4. The van der Waals surface area contributed by atoms with E-state index in [2.05, 4.69) is 17.0 Å². The number of nitrogens with zero attached hydrogens (tertiary/aromatic N) is 3. The smallest absolute Gasteiger partial charge is 0.215 e. The Morgan fingerprint density at radius 1 is 1.25 bits per heavy atom. The van der Waals surface area contributed by atoms with Crippen LogP contribution in [0, 0.1) is 0 Å². The van der Waals surface area contributed by atoms with E-state index >= 15 is 0 Å². The Bertz CT molecular complexity index is 756. The molecule has 4 heteroatoms. The van der Waals surface area contributed by atoms with Gasteiger partial charge in [-0.05, 0) is 17.9 Å². The summed E-state index contributed by atoms with van der Waals surface area (Å²) in [5.74, 6) is -0.0795. The Labute approximate surface area is 117 Å². The number of ketones is 1. The highest BCUT2D eigenvalue weighted by Crippen LogP contribution is 2.19. The van der Waals surface area contributed by atoms with Crippen LogP contribution in [0.3, 0.4) is 0 Å². The van der Waals surface area contributed by atoms with Gasteiger partial charge in [0.05, 0.1) is 11.8 Å².